The second-order valence-electron chi connectivity index (χ2n) is 4.64. The van der Waals surface area contributed by atoms with Crippen molar-refractivity contribution in [2.45, 2.75) is 44.9 Å². The number of carbonyl (C=O) groups excluding carboxylic acids is 1. The Labute approximate surface area is 119 Å². The van der Waals surface area contributed by atoms with Crippen LogP contribution >= 0.6 is 0 Å². The summed E-state index contributed by atoms with van der Waals surface area (Å²) in [4.78, 5) is 11.6. The number of aromatic amines is 1. The van der Waals surface area contributed by atoms with Crippen molar-refractivity contribution in [3.8, 4) is 0 Å². The summed E-state index contributed by atoms with van der Waals surface area (Å²) in [5.41, 5.74) is 0.844. The zero-order valence-electron chi connectivity index (χ0n) is 12.1. The van der Waals surface area contributed by atoms with Crippen LogP contribution in [0.25, 0.3) is 0 Å². The maximum atomic E-state index is 12.1. The Hall–Kier alpha value is -1.41. The van der Waals surface area contributed by atoms with Gasteiger partial charge in [-0.05, 0) is 20.3 Å². The summed E-state index contributed by atoms with van der Waals surface area (Å²) in [7, 11) is -3.71. The fourth-order valence-electron chi connectivity index (χ4n) is 1.83. The minimum atomic E-state index is -3.71. The maximum Gasteiger partial charge on any atom is 0.244 e. The van der Waals surface area contributed by atoms with Crippen molar-refractivity contribution in [2.75, 3.05) is 13.1 Å². The molecule has 0 aromatic carbocycles. The number of aromatic nitrogens is 2. The quantitative estimate of drug-likeness (QED) is 0.612. The molecule has 7 nitrogen and oxygen atoms in total. The molecular formula is C12H22N4O3S. The number of amides is 1. The predicted molar refractivity (Wildman–Crippen MR) is 75.8 cm³/mol. The van der Waals surface area contributed by atoms with Gasteiger partial charge in [0.2, 0.25) is 15.9 Å². The topological polar surface area (TPSA) is 104 Å². The summed E-state index contributed by atoms with van der Waals surface area (Å²) >= 11 is 0. The first-order chi connectivity index (χ1) is 9.38. The molecule has 0 saturated carbocycles. The molecular weight excluding hydrogens is 280 g/mol. The summed E-state index contributed by atoms with van der Waals surface area (Å²) in [6, 6.07) is 0. The lowest BCUT2D eigenvalue weighted by atomic mass is 10.2. The van der Waals surface area contributed by atoms with Gasteiger partial charge in [-0.2, -0.15) is 5.10 Å². The normalized spacial score (nSPS) is 11.6. The van der Waals surface area contributed by atoms with Crippen LogP contribution in [0.3, 0.4) is 0 Å². The van der Waals surface area contributed by atoms with E-state index < -0.39 is 10.0 Å². The van der Waals surface area contributed by atoms with Gasteiger partial charge >= 0.3 is 0 Å². The third-order valence-electron chi connectivity index (χ3n) is 2.85. The molecule has 20 heavy (non-hydrogen) atoms. The first kappa shape index (κ1) is 16.6. The zero-order chi connectivity index (χ0) is 15.2. The second kappa shape index (κ2) is 7.39. The van der Waals surface area contributed by atoms with E-state index in [1.54, 1.807) is 13.8 Å². The molecule has 0 unspecified atom stereocenters. The van der Waals surface area contributed by atoms with Crippen molar-refractivity contribution in [1.29, 1.82) is 0 Å². The number of rotatable bonds is 8. The van der Waals surface area contributed by atoms with Crippen LogP contribution in [0.5, 0.6) is 0 Å². The molecule has 114 valence electrons. The highest BCUT2D eigenvalue weighted by Gasteiger charge is 2.22. The van der Waals surface area contributed by atoms with Crippen LogP contribution in [0.2, 0.25) is 0 Å². The lowest BCUT2D eigenvalue weighted by Crippen LogP contribution is -2.37. The van der Waals surface area contributed by atoms with Crippen LogP contribution in [0.15, 0.2) is 4.90 Å². The number of carbonyl (C=O) groups is 1. The predicted octanol–water partition coefficient (Wildman–Crippen LogP) is 0.611. The average molecular weight is 302 g/mol. The number of unbranched alkanes of at least 4 members (excludes halogenated alkanes) is 2. The minimum Gasteiger partial charge on any atom is -0.355 e. The molecule has 0 atom stereocenters. The molecule has 0 radical (unpaired) electrons. The Morgan fingerprint density at radius 3 is 2.55 bits per heavy atom. The van der Waals surface area contributed by atoms with Crippen LogP contribution in [0, 0.1) is 13.8 Å². The Bertz CT molecular complexity index is 532. The molecule has 1 aromatic rings. The van der Waals surface area contributed by atoms with E-state index in [9.17, 15) is 13.2 Å². The number of H-pyrrole nitrogens is 1. The highest BCUT2D eigenvalue weighted by atomic mass is 32.2. The molecule has 0 saturated heterocycles. The first-order valence-electron chi connectivity index (χ1n) is 6.66. The maximum absolute atomic E-state index is 12.1. The van der Waals surface area contributed by atoms with Gasteiger partial charge in [0.1, 0.15) is 4.90 Å². The fraction of sp³-hybridized carbons (Fsp3) is 0.667. The molecule has 0 bridgehead atoms. The lowest BCUT2D eigenvalue weighted by Gasteiger charge is -2.07. The van der Waals surface area contributed by atoms with Crippen molar-refractivity contribution in [3.63, 3.8) is 0 Å². The van der Waals surface area contributed by atoms with Gasteiger partial charge in [0.25, 0.3) is 0 Å². The third kappa shape index (κ3) is 4.61. The van der Waals surface area contributed by atoms with Crippen molar-refractivity contribution < 1.29 is 13.2 Å². The first-order valence-corrected chi connectivity index (χ1v) is 8.14. The second-order valence-corrected chi connectivity index (χ2v) is 6.35. The molecule has 1 rings (SSSR count). The third-order valence-corrected chi connectivity index (χ3v) is 4.52. The molecule has 1 aromatic heterocycles. The van der Waals surface area contributed by atoms with Crippen LogP contribution in [-0.2, 0) is 14.8 Å². The van der Waals surface area contributed by atoms with Gasteiger partial charge in [-0.3, -0.25) is 9.89 Å². The summed E-state index contributed by atoms with van der Waals surface area (Å²) < 4.78 is 26.4. The molecule has 0 spiro atoms. The molecule has 0 aliphatic heterocycles. The van der Waals surface area contributed by atoms with Gasteiger partial charge in [-0.25, -0.2) is 13.1 Å². The van der Waals surface area contributed by atoms with Gasteiger partial charge in [0.05, 0.1) is 17.9 Å². The Morgan fingerprint density at radius 2 is 2.00 bits per heavy atom. The van der Waals surface area contributed by atoms with E-state index in [2.05, 4.69) is 27.2 Å². The van der Waals surface area contributed by atoms with Gasteiger partial charge in [0, 0.05) is 6.54 Å². The van der Waals surface area contributed by atoms with Crippen LogP contribution < -0.4 is 10.0 Å². The molecule has 0 aliphatic rings. The highest BCUT2D eigenvalue weighted by molar-refractivity contribution is 7.89. The van der Waals surface area contributed by atoms with Crippen LogP contribution in [0.4, 0.5) is 0 Å². The van der Waals surface area contributed by atoms with Gasteiger partial charge in [0.15, 0.2) is 0 Å². The van der Waals surface area contributed by atoms with E-state index in [0.717, 1.165) is 19.3 Å². The van der Waals surface area contributed by atoms with E-state index in [1.807, 2.05) is 0 Å². The molecule has 0 fully saturated rings. The molecule has 8 heteroatoms. The van der Waals surface area contributed by atoms with Crippen molar-refractivity contribution >= 4 is 15.9 Å². The average Bonchev–Trinajstić information content (AvgIpc) is 2.72. The fourth-order valence-corrected chi connectivity index (χ4v) is 3.18. The smallest absolute Gasteiger partial charge is 0.244 e. The summed E-state index contributed by atoms with van der Waals surface area (Å²) in [6.45, 7) is 5.60. The number of hydrogen-bond acceptors (Lipinski definition) is 4. The molecule has 0 aliphatic carbocycles. The minimum absolute atomic E-state index is 0.108. The van der Waals surface area contributed by atoms with Gasteiger partial charge in [-0.15, -0.1) is 0 Å². The summed E-state index contributed by atoms with van der Waals surface area (Å²) in [5.74, 6) is -0.330. The monoisotopic (exact) mass is 302 g/mol. The molecule has 1 amide bonds. The van der Waals surface area contributed by atoms with Gasteiger partial charge in [-0.1, -0.05) is 19.8 Å². The highest BCUT2D eigenvalue weighted by Crippen LogP contribution is 2.15. The lowest BCUT2D eigenvalue weighted by molar-refractivity contribution is -0.119. The number of aryl methyl sites for hydroxylation is 2. The zero-order valence-corrected chi connectivity index (χ0v) is 12.9. The summed E-state index contributed by atoms with van der Waals surface area (Å²) in [6.07, 6.45) is 3.01. The largest absolute Gasteiger partial charge is 0.355 e. The van der Waals surface area contributed by atoms with Crippen molar-refractivity contribution in [1.82, 2.24) is 20.2 Å². The van der Waals surface area contributed by atoms with Crippen molar-refractivity contribution in [2.24, 2.45) is 0 Å². The number of nitrogens with zero attached hydrogens (tertiary/aromatic N) is 1. The van der Waals surface area contributed by atoms with E-state index in [1.165, 1.54) is 0 Å². The van der Waals surface area contributed by atoms with E-state index in [0.29, 0.717) is 17.9 Å². The molecule has 3 N–H and O–H groups in total. The van der Waals surface area contributed by atoms with Crippen LogP contribution in [-0.4, -0.2) is 37.6 Å². The van der Waals surface area contributed by atoms with E-state index in [-0.39, 0.29) is 17.3 Å². The Morgan fingerprint density at radius 1 is 1.30 bits per heavy atom. The number of sulfonamides is 1. The Balaban J connectivity index is 2.50. The van der Waals surface area contributed by atoms with Crippen molar-refractivity contribution in [3.05, 3.63) is 11.4 Å². The van der Waals surface area contributed by atoms with Gasteiger partial charge < -0.3 is 5.32 Å². The Kier molecular flexibility index (Phi) is 6.15. The summed E-state index contributed by atoms with van der Waals surface area (Å²) in [5, 5.41) is 9.12. The molecule has 1 heterocycles. The number of hydrogen-bond donors (Lipinski definition) is 3. The van der Waals surface area contributed by atoms with Crippen LogP contribution in [0.1, 0.15) is 37.6 Å². The van der Waals surface area contributed by atoms with E-state index in [4.69, 9.17) is 0 Å². The SMILES string of the molecule is CCCCCNC(=O)CNS(=O)(=O)c1c(C)n[nH]c1C. The van der Waals surface area contributed by atoms with E-state index >= 15 is 0 Å². The standard InChI is InChI=1S/C12H22N4O3S/c1-4-5-6-7-13-11(17)8-14-20(18,19)12-9(2)15-16-10(12)3/h14H,4-8H2,1-3H3,(H,13,17)(H,15,16). The number of nitrogens with one attached hydrogen (secondary N) is 3.